The van der Waals surface area contributed by atoms with Crippen LogP contribution in [0, 0.1) is 0 Å². The Balaban J connectivity index is 1.29. The van der Waals surface area contributed by atoms with E-state index in [-0.39, 0.29) is 11.0 Å². The van der Waals surface area contributed by atoms with Crippen LogP contribution in [-0.2, 0) is 5.41 Å². The molecule has 7 aromatic rings. The summed E-state index contributed by atoms with van der Waals surface area (Å²) in [5, 5.41) is 4.95. The topological polar surface area (TPSA) is 33.5 Å². The summed E-state index contributed by atoms with van der Waals surface area (Å²) in [7, 11) is 0. The highest BCUT2D eigenvalue weighted by atomic mass is 32.1. The maximum atomic E-state index is 6.59. The standard InChI is InChI=1S/C40H38N4OS/c1-39(2,3)26-18-19-41-36(22-26)44-33-24-29(45-28-11-9-10-27(23-28)42-20-21-43(25-42)40(4,5)6)14-15-30(33)31-16-17-35-37(38(31)44)32-12-7-8-13-34(32)46-35/h7-24H,25H2,1-6H3. The van der Waals surface area contributed by atoms with Gasteiger partial charge < -0.3 is 14.5 Å². The van der Waals surface area contributed by atoms with Crippen molar-refractivity contribution in [1.29, 1.82) is 0 Å². The third-order valence-electron chi connectivity index (χ3n) is 9.06. The van der Waals surface area contributed by atoms with E-state index in [1.54, 1.807) is 0 Å². The van der Waals surface area contributed by atoms with E-state index in [1.807, 2.05) is 23.6 Å². The lowest BCUT2D eigenvalue weighted by Gasteiger charge is -2.33. The molecule has 8 rings (SSSR count). The Hall–Kier alpha value is -4.81. The highest BCUT2D eigenvalue weighted by Gasteiger charge is 2.25. The van der Waals surface area contributed by atoms with Gasteiger partial charge in [-0.05, 0) is 80.3 Å². The molecular weight excluding hydrogens is 585 g/mol. The van der Waals surface area contributed by atoms with Gasteiger partial charge in [0.25, 0.3) is 0 Å². The molecule has 0 spiro atoms. The Morgan fingerprint density at radius 1 is 0.717 bits per heavy atom. The fourth-order valence-corrected chi connectivity index (χ4v) is 7.59. The van der Waals surface area contributed by atoms with Crippen molar-refractivity contribution in [3.8, 4) is 17.3 Å². The van der Waals surface area contributed by atoms with Crippen LogP contribution in [-0.4, -0.2) is 26.7 Å². The molecule has 0 radical (unpaired) electrons. The quantitative estimate of drug-likeness (QED) is 0.196. The van der Waals surface area contributed by atoms with Crippen molar-refractivity contribution in [2.24, 2.45) is 0 Å². The zero-order valence-corrected chi connectivity index (χ0v) is 28.0. The summed E-state index contributed by atoms with van der Waals surface area (Å²) in [6.45, 7) is 14.3. The van der Waals surface area contributed by atoms with Crippen molar-refractivity contribution >= 4 is 59.0 Å². The van der Waals surface area contributed by atoms with Gasteiger partial charge in [-0.25, -0.2) is 4.98 Å². The zero-order valence-electron chi connectivity index (χ0n) is 27.2. The van der Waals surface area contributed by atoms with Crippen LogP contribution in [0.5, 0.6) is 11.5 Å². The molecule has 4 heterocycles. The average molecular weight is 623 g/mol. The van der Waals surface area contributed by atoms with Gasteiger partial charge in [-0.15, -0.1) is 11.3 Å². The lowest BCUT2D eigenvalue weighted by Crippen LogP contribution is -2.39. The Morgan fingerprint density at radius 3 is 2.33 bits per heavy atom. The third-order valence-corrected chi connectivity index (χ3v) is 10.2. The lowest BCUT2D eigenvalue weighted by atomic mass is 9.88. The number of fused-ring (bicyclic) bond motifs is 7. The number of anilines is 1. The highest BCUT2D eigenvalue weighted by molar-refractivity contribution is 7.26. The molecule has 0 fully saturated rings. The predicted octanol–water partition coefficient (Wildman–Crippen LogP) is 11.0. The molecular formula is C40H38N4OS. The maximum Gasteiger partial charge on any atom is 0.137 e. The second kappa shape index (κ2) is 10.4. The first-order chi connectivity index (χ1) is 22.0. The molecule has 1 aliphatic heterocycles. The fourth-order valence-electron chi connectivity index (χ4n) is 6.49. The van der Waals surface area contributed by atoms with Gasteiger partial charge in [0.15, 0.2) is 0 Å². The molecule has 46 heavy (non-hydrogen) atoms. The van der Waals surface area contributed by atoms with Gasteiger partial charge in [-0.2, -0.15) is 0 Å². The van der Waals surface area contributed by atoms with Crippen molar-refractivity contribution in [2.45, 2.75) is 52.5 Å². The molecule has 0 atom stereocenters. The fraction of sp³-hybridized carbons (Fsp3) is 0.225. The van der Waals surface area contributed by atoms with Crippen molar-refractivity contribution in [2.75, 3.05) is 11.6 Å². The predicted molar refractivity (Wildman–Crippen MR) is 195 cm³/mol. The number of hydrogen-bond donors (Lipinski definition) is 0. The van der Waals surface area contributed by atoms with Crippen molar-refractivity contribution in [1.82, 2.24) is 14.5 Å². The van der Waals surface area contributed by atoms with Crippen molar-refractivity contribution in [3.63, 3.8) is 0 Å². The highest BCUT2D eigenvalue weighted by Crippen LogP contribution is 2.44. The van der Waals surface area contributed by atoms with E-state index >= 15 is 0 Å². The summed E-state index contributed by atoms with van der Waals surface area (Å²) in [5.41, 5.74) is 4.68. The van der Waals surface area contributed by atoms with Gasteiger partial charge in [0, 0.05) is 72.9 Å². The molecule has 4 aromatic carbocycles. The van der Waals surface area contributed by atoms with Crippen molar-refractivity contribution in [3.05, 3.63) is 115 Å². The summed E-state index contributed by atoms with van der Waals surface area (Å²) >= 11 is 1.85. The molecule has 5 nitrogen and oxygen atoms in total. The minimum absolute atomic E-state index is 0.00538. The Bertz CT molecular complexity index is 2310. The summed E-state index contributed by atoms with van der Waals surface area (Å²) in [4.78, 5) is 9.56. The zero-order chi connectivity index (χ0) is 31.8. The van der Waals surface area contributed by atoms with E-state index in [0.717, 1.165) is 35.2 Å². The molecule has 0 aliphatic carbocycles. The summed E-state index contributed by atoms with van der Waals surface area (Å²) in [6, 6.07) is 32.4. The molecule has 0 unspecified atom stereocenters. The Morgan fingerprint density at radius 2 is 1.52 bits per heavy atom. The van der Waals surface area contributed by atoms with Crippen molar-refractivity contribution < 1.29 is 4.74 Å². The van der Waals surface area contributed by atoms with Gasteiger partial charge in [0.05, 0.1) is 17.7 Å². The number of thiophene rings is 1. The molecule has 1 aliphatic rings. The maximum absolute atomic E-state index is 6.59. The minimum Gasteiger partial charge on any atom is -0.457 e. The third kappa shape index (κ3) is 4.79. The molecule has 230 valence electrons. The molecule has 0 N–H and O–H groups in total. The molecule has 0 bridgehead atoms. The van der Waals surface area contributed by atoms with E-state index in [0.29, 0.717) is 0 Å². The van der Waals surface area contributed by atoms with Crippen LogP contribution >= 0.6 is 11.3 Å². The normalized spacial score (nSPS) is 14.0. The second-order valence-electron chi connectivity index (χ2n) is 14.2. The molecule has 0 saturated carbocycles. The molecule has 0 saturated heterocycles. The van der Waals surface area contributed by atoms with Crippen LogP contribution in [0.2, 0.25) is 0 Å². The monoisotopic (exact) mass is 622 g/mol. The first kappa shape index (κ1) is 28.6. The van der Waals surface area contributed by atoms with Crippen LogP contribution in [0.25, 0.3) is 47.8 Å². The summed E-state index contributed by atoms with van der Waals surface area (Å²) < 4.78 is 11.5. The number of rotatable bonds is 4. The van der Waals surface area contributed by atoms with E-state index in [1.165, 1.54) is 42.0 Å². The molecule has 0 amide bonds. The smallest absolute Gasteiger partial charge is 0.137 e. The first-order valence-corrected chi connectivity index (χ1v) is 16.7. The van der Waals surface area contributed by atoms with Crippen LogP contribution in [0.1, 0.15) is 47.1 Å². The van der Waals surface area contributed by atoms with Crippen LogP contribution in [0.15, 0.2) is 110 Å². The van der Waals surface area contributed by atoms with Gasteiger partial charge in [0.2, 0.25) is 0 Å². The van der Waals surface area contributed by atoms with Gasteiger partial charge in [-0.1, -0.05) is 51.1 Å². The number of ether oxygens (including phenoxy) is 1. The first-order valence-electron chi connectivity index (χ1n) is 15.9. The van der Waals surface area contributed by atoms with Crippen LogP contribution in [0.3, 0.4) is 0 Å². The summed E-state index contributed by atoms with van der Waals surface area (Å²) in [6.07, 6.45) is 6.25. The van der Waals surface area contributed by atoms with E-state index in [2.05, 4.69) is 153 Å². The number of hydrogen-bond acceptors (Lipinski definition) is 5. The van der Waals surface area contributed by atoms with Gasteiger partial charge in [-0.3, -0.25) is 4.57 Å². The van der Waals surface area contributed by atoms with Crippen LogP contribution in [0.4, 0.5) is 5.69 Å². The number of benzene rings is 4. The van der Waals surface area contributed by atoms with Gasteiger partial charge >= 0.3 is 0 Å². The van der Waals surface area contributed by atoms with E-state index < -0.39 is 0 Å². The Labute approximate surface area is 274 Å². The van der Waals surface area contributed by atoms with Crippen LogP contribution < -0.4 is 9.64 Å². The lowest BCUT2D eigenvalue weighted by molar-refractivity contribution is 0.223. The number of aromatic nitrogens is 2. The molecule has 6 heteroatoms. The minimum atomic E-state index is -0.00538. The van der Waals surface area contributed by atoms with E-state index in [9.17, 15) is 0 Å². The van der Waals surface area contributed by atoms with E-state index in [4.69, 9.17) is 9.72 Å². The number of pyridine rings is 1. The number of nitrogens with zero attached hydrogens (tertiary/aromatic N) is 4. The second-order valence-corrected chi connectivity index (χ2v) is 15.3. The molecule has 3 aromatic heterocycles. The summed E-state index contributed by atoms with van der Waals surface area (Å²) in [5.74, 6) is 2.51. The largest absolute Gasteiger partial charge is 0.457 e. The van der Waals surface area contributed by atoms with Gasteiger partial charge in [0.1, 0.15) is 17.3 Å². The Kier molecular flexibility index (Phi) is 6.45. The average Bonchev–Trinajstić information content (AvgIpc) is 3.75. The SMILES string of the molecule is CC(C)(C)c1ccnc(-n2c3cc(Oc4cccc(N5C=CN(C(C)(C)C)C5)c4)ccc3c3ccc4sc5ccccc5c4c32)c1.